The molecule has 0 saturated heterocycles. The monoisotopic (exact) mass is 260 g/mol. The minimum absolute atomic E-state index is 0.684. The van der Waals surface area contributed by atoms with Crippen LogP contribution in [0.15, 0.2) is 12.5 Å². The highest BCUT2D eigenvalue weighted by atomic mass is 15.4. The first-order valence-corrected chi connectivity index (χ1v) is 6.89. The fourth-order valence-electron chi connectivity index (χ4n) is 2.17. The molecule has 1 aliphatic carbocycles. The molecule has 0 bridgehead atoms. The first kappa shape index (κ1) is 12.3. The summed E-state index contributed by atoms with van der Waals surface area (Å²) in [6.07, 6.45) is 6.18. The van der Waals surface area contributed by atoms with E-state index in [1.54, 1.807) is 6.33 Å². The zero-order valence-electron chi connectivity index (χ0n) is 11.5. The zero-order valence-corrected chi connectivity index (χ0v) is 11.5. The molecule has 102 valence electrons. The topological polar surface area (TPSA) is 60.6 Å². The predicted molar refractivity (Wildman–Crippen MR) is 71.6 cm³/mol. The minimum atomic E-state index is 0.684. The molecule has 0 aliphatic heterocycles. The number of hydrogen-bond acceptors (Lipinski definition) is 4. The van der Waals surface area contributed by atoms with Crippen molar-refractivity contribution in [2.45, 2.75) is 52.4 Å². The van der Waals surface area contributed by atoms with Crippen molar-refractivity contribution in [1.29, 1.82) is 0 Å². The van der Waals surface area contributed by atoms with E-state index >= 15 is 0 Å². The van der Waals surface area contributed by atoms with Crippen LogP contribution >= 0.6 is 0 Å². The zero-order chi connectivity index (χ0) is 13.2. The van der Waals surface area contributed by atoms with Crippen LogP contribution in [0.2, 0.25) is 0 Å². The Morgan fingerprint density at radius 1 is 1.32 bits per heavy atom. The standard InChI is InChI=1S/C13H20N6/c1-3-18-13(15-9-17-18)8-19-10(2)11(7-16-19)6-14-12-4-5-12/h7,9,12,14H,3-6,8H2,1-2H3. The first-order valence-electron chi connectivity index (χ1n) is 6.89. The van der Waals surface area contributed by atoms with E-state index in [2.05, 4.69) is 34.3 Å². The lowest BCUT2D eigenvalue weighted by molar-refractivity contribution is 0.560. The van der Waals surface area contributed by atoms with Gasteiger partial charge in [0.15, 0.2) is 0 Å². The lowest BCUT2D eigenvalue weighted by atomic mass is 10.2. The maximum absolute atomic E-state index is 4.46. The molecule has 0 radical (unpaired) electrons. The van der Waals surface area contributed by atoms with E-state index in [9.17, 15) is 0 Å². The summed E-state index contributed by atoms with van der Waals surface area (Å²) >= 11 is 0. The van der Waals surface area contributed by atoms with Crippen molar-refractivity contribution < 1.29 is 0 Å². The Morgan fingerprint density at radius 3 is 2.89 bits per heavy atom. The van der Waals surface area contributed by atoms with Gasteiger partial charge in [0.25, 0.3) is 0 Å². The molecule has 1 saturated carbocycles. The average molecular weight is 260 g/mol. The fraction of sp³-hybridized carbons (Fsp3) is 0.615. The summed E-state index contributed by atoms with van der Waals surface area (Å²) < 4.78 is 3.91. The number of aromatic nitrogens is 5. The van der Waals surface area contributed by atoms with Gasteiger partial charge in [-0.25, -0.2) is 9.67 Å². The Morgan fingerprint density at radius 2 is 2.16 bits per heavy atom. The highest BCUT2D eigenvalue weighted by molar-refractivity contribution is 5.17. The third-order valence-corrected chi connectivity index (χ3v) is 3.65. The van der Waals surface area contributed by atoms with Crippen molar-refractivity contribution in [3.63, 3.8) is 0 Å². The fourth-order valence-corrected chi connectivity index (χ4v) is 2.17. The summed E-state index contributed by atoms with van der Waals surface area (Å²) in [4.78, 5) is 4.29. The van der Waals surface area contributed by atoms with Crippen LogP contribution in [-0.4, -0.2) is 30.6 Å². The molecule has 0 unspecified atom stereocenters. The van der Waals surface area contributed by atoms with Gasteiger partial charge in [-0.3, -0.25) is 4.68 Å². The van der Waals surface area contributed by atoms with E-state index in [4.69, 9.17) is 0 Å². The van der Waals surface area contributed by atoms with E-state index < -0.39 is 0 Å². The van der Waals surface area contributed by atoms with Crippen LogP contribution in [0.5, 0.6) is 0 Å². The van der Waals surface area contributed by atoms with Gasteiger partial charge >= 0.3 is 0 Å². The van der Waals surface area contributed by atoms with E-state index in [-0.39, 0.29) is 0 Å². The second kappa shape index (κ2) is 5.13. The van der Waals surface area contributed by atoms with Crippen molar-refractivity contribution >= 4 is 0 Å². The molecule has 0 aromatic carbocycles. The molecule has 0 amide bonds. The molecule has 2 heterocycles. The summed E-state index contributed by atoms with van der Waals surface area (Å²) in [6, 6.07) is 0.728. The Kier molecular flexibility index (Phi) is 3.33. The highest BCUT2D eigenvalue weighted by Gasteiger charge is 2.20. The van der Waals surface area contributed by atoms with E-state index in [1.165, 1.54) is 24.1 Å². The predicted octanol–water partition coefficient (Wildman–Crippen LogP) is 1.10. The molecular formula is C13H20N6. The number of rotatable bonds is 6. The SMILES string of the molecule is CCn1ncnc1Cn1ncc(CNC2CC2)c1C. The van der Waals surface area contributed by atoms with Crippen LogP contribution < -0.4 is 5.32 Å². The number of hydrogen-bond donors (Lipinski definition) is 1. The Balaban J connectivity index is 1.70. The van der Waals surface area contributed by atoms with Crippen LogP contribution in [0.4, 0.5) is 0 Å². The van der Waals surface area contributed by atoms with Crippen LogP contribution in [0.3, 0.4) is 0 Å². The Labute approximate surface area is 112 Å². The summed E-state index contributed by atoms with van der Waals surface area (Å²) in [7, 11) is 0. The summed E-state index contributed by atoms with van der Waals surface area (Å²) in [5.74, 6) is 0.954. The highest BCUT2D eigenvalue weighted by Crippen LogP contribution is 2.20. The smallest absolute Gasteiger partial charge is 0.148 e. The Hall–Kier alpha value is -1.69. The molecule has 3 rings (SSSR count). The number of nitrogens with zero attached hydrogens (tertiary/aromatic N) is 5. The average Bonchev–Trinajstić information content (AvgIpc) is 3.04. The molecular weight excluding hydrogens is 240 g/mol. The molecule has 2 aromatic rings. The normalized spacial score (nSPS) is 15.1. The van der Waals surface area contributed by atoms with E-state index in [1.807, 2.05) is 15.6 Å². The van der Waals surface area contributed by atoms with E-state index in [0.717, 1.165) is 25.0 Å². The molecule has 1 N–H and O–H groups in total. The number of aryl methyl sites for hydroxylation is 1. The van der Waals surface area contributed by atoms with Gasteiger partial charge < -0.3 is 5.32 Å². The van der Waals surface area contributed by atoms with Crippen molar-refractivity contribution in [3.8, 4) is 0 Å². The molecule has 2 aromatic heterocycles. The van der Waals surface area contributed by atoms with Gasteiger partial charge in [-0.15, -0.1) is 0 Å². The van der Waals surface area contributed by atoms with Gasteiger partial charge in [0, 0.05) is 30.4 Å². The second-order valence-corrected chi connectivity index (χ2v) is 5.06. The third-order valence-electron chi connectivity index (χ3n) is 3.65. The maximum Gasteiger partial charge on any atom is 0.148 e. The van der Waals surface area contributed by atoms with Gasteiger partial charge in [-0.1, -0.05) is 0 Å². The van der Waals surface area contributed by atoms with Gasteiger partial charge in [0.2, 0.25) is 0 Å². The van der Waals surface area contributed by atoms with Crippen LogP contribution in [0.25, 0.3) is 0 Å². The number of nitrogens with one attached hydrogen (secondary N) is 1. The second-order valence-electron chi connectivity index (χ2n) is 5.06. The summed E-state index contributed by atoms with van der Waals surface area (Å²) in [5.41, 5.74) is 2.48. The maximum atomic E-state index is 4.46. The lowest BCUT2D eigenvalue weighted by Gasteiger charge is -2.06. The largest absolute Gasteiger partial charge is 0.310 e. The third kappa shape index (κ3) is 2.68. The van der Waals surface area contributed by atoms with Crippen LogP contribution in [-0.2, 0) is 19.6 Å². The molecule has 6 nitrogen and oxygen atoms in total. The molecule has 1 aliphatic rings. The molecule has 6 heteroatoms. The molecule has 1 fully saturated rings. The summed E-state index contributed by atoms with van der Waals surface area (Å²) in [5, 5.41) is 12.2. The van der Waals surface area contributed by atoms with Crippen LogP contribution in [0, 0.1) is 6.92 Å². The summed E-state index contributed by atoms with van der Waals surface area (Å²) in [6.45, 7) is 6.62. The Bertz CT molecular complexity index is 551. The quantitative estimate of drug-likeness (QED) is 0.845. The van der Waals surface area contributed by atoms with Gasteiger partial charge in [-0.2, -0.15) is 10.2 Å². The minimum Gasteiger partial charge on any atom is -0.310 e. The molecule has 0 spiro atoms. The van der Waals surface area contributed by atoms with E-state index in [0.29, 0.717) is 6.54 Å². The van der Waals surface area contributed by atoms with Crippen molar-refractivity contribution in [3.05, 3.63) is 29.6 Å². The van der Waals surface area contributed by atoms with Crippen molar-refractivity contribution in [1.82, 2.24) is 29.9 Å². The van der Waals surface area contributed by atoms with Crippen LogP contribution in [0.1, 0.15) is 36.8 Å². The van der Waals surface area contributed by atoms with Gasteiger partial charge in [0.05, 0.1) is 6.20 Å². The van der Waals surface area contributed by atoms with Crippen molar-refractivity contribution in [2.75, 3.05) is 0 Å². The van der Waals surface area contributed by atoms with Gasteiger partial charge in [0.1, 0.15) is 18.7 Å². The lowest BCUT2D eigenvalue weighted by Crippen LogP contribution is -2.16. The van der Waals surface area contributed by atoms with Gasteiger partial charge in [-0.05, 0) is 26.7 Å². The van der Waals surface area contributed by atoms with Crippen molar-refractivity contribution in [2.24, 2.45) is 0 Å². The molecule has 0 atom stereocenters. The first-order chi connectivity index (χ1) is 9.28. The molecule has 19 heavy (non-hydrogen) atoms.